The molecule has 0 radical (unpaired) electrons. The van der Waals surface area contributed by atoms with Crippen LogP contribution in [0.4, 0.5) is 0 Å². The van der Waals surface area contributed by atoms with Gasteiger partial charge >= 0.3 is 5.97 Å². The molecule has 1 amide bonds. The molecule has 1 aromatic carbocycles. The van der Waals surface area contributed by atoms with Crippen molar-refractivity contribution in [2.24, 2.45) is 17.8 Å². The van der Waals surface area contributed by atoms with E-state index in [0.717, 1.165) is 30.2 Å². The van der Waals surface area contributed by atoms with Crippen molar-refractivity contribution in [3.8, 4) is 5.88 Å². The highest BCUT2D eigenvalue weighted by molar-refractivity contribution is 8.00. The molecule has 2 aromatic rings. The van der Waals surface area contributed by atoms with Crippen LogP contribution < -0.4 is 10.1 Å². The van der Waals surface area contributed by atoms with Gasteiger partial charge in [-0.3, -0.25) is 4.79 Å². The van der Waals surface area contributed by atoms with E-state index >= 15 is 0 Å². The molecule has 5 rings (SSSR count). The number of thioether (sulfide) groups is 1. The lowest BCUT2D eigenvalue weighted by atomic mass is 9.66. The van der Waals surface area contributed by atoms with E-state index in [9.17, 15) is 9.59 Å². The predicted molar refractivity (Wildman–Crippen MR) is 142 cm³/mol. The molecule has 3 aliphatic carbocycles. The van der Waals surface area contributed by atoms with E-state index in [1.807, 2.05) is 0 Å². The summed E-state index contributed by atoms with van der Waals surface area (Å²) < 4.78 is 11.6. The van der Waals surface area contributed by atoms with E-state index in [1.54, 1.807) is 36.0 Å². The van der Waals surface area contributed by atoms with Gasteiger partial charge in [-0.15, -0.1) is 11.8 Å². The second kappa shape index (κ2) is 11.9. The third-order valence-corrected chi connectivity index (χ3v) is 9.87. The molecular weight excluding hydrogens is 488 g/mol. The van der Waals surface area contributed by atoms with Crippen molar-refractivity contribution in [2.75, 3.05) is 0 Å². The number of rotatable bonds is 9. The van der Waals surface area contributed by atoms with Crippen LogP contribution in [0.25, 0.3) is 0 Å². The number of amides is 1. The van der Waals surface area contributed by atoms with E-state index in [1.165, 1.54) is 57.8 Å². The van der Waals surface area contributed by atoms with E-state index in [-0.39, 0.29) is 29.9 Å². The first kappa shape index (κ1) is 26.1. The van der Waals surface area contributed by atoms with Gasteiger partial charge in [0, 0.05) is 11.3 Å². The number of hydrogen-bond acceptors (Lipinski definition) is 6. The molecule has 37 heavy (non-hydrogen) atoms. The number of carbonyl (C=O) groups is 2. The summed E-state index contributed by atoms with van der Waals surface area (Å²) in [6.45, 7) is 2.35. The van der Waals surface area contributed by atoms with Crippen LogP contribution in [0.1, 0.15) is 104 Å². The number of nitrogens with zero attached hydrogens (tertiary/aromatic N) is 1. The SMILES string of the molecule is CC(NC(=O)c1onc(OCc2ccc(C(=O)O)cc2)c1SC1CCCCC1)C1CC2CCCC(C2)C1. The van der Waals surface area contributed by atoms with Gasteiger partial charge in [-0.25, -0.2) is 4.79 Å². The molecule has 2 N–H and O–H groups in total. The lowest BCUT2D eigenvalue weighted by Gasteiger charge is -2.41. The largest absolute Gasteiger partial charge is 0.478 e. The first-order valence-electron chi connectivity index (χ1n) is 13.9. The second-order valence-electron chi connectivity index (χ2n) is 11.2. The fraction of sp³-hybridized carbons (Fsp3) is 0.621. The number of aromatic nitrogens is 1. The standard InChI is InChI=1S/C29H38N2O5S/c1-18(23-15-20-6-5-7-21(14-20)16-23)30-27(32)25-26(37-24-8-3-2-4-9-24)28(31-36-25)35-17-19-10-12-22(13-11-19)29(33)34/h10-13,18,20-21,23-24H,2-9,14-17H2,1H3,(H,30,32)(H,33,34). The molecule has 3 unspecified atom stereocenters. The second-order valence-corrected chi connectivity index (χ2v) is 12.5. The van der Waals surface area contributed by atoms with E-state index < -0.39 is 5.97 Å². The summed E-state index contributed by atoms with van der Waals surface area (Å²) in [5.41, 5.74) is 1.05. The predicted octanol–water partition coefficient (Wildman–Crippen LogP) is 6.71. The summed E-state index contributed by atoms with van der Waals surface area (Å²) in [5.74, 6) is 1.53. The summed E-state index contributed by atoms with van der Waals surface area (Å²) in [7, 11) is 0. The molecule has 7 nitrogen and oxygen atoms in total. The molecule has 0 aliphatic heterocycles. The van der Waals surface area contributed by atoms with Gasteiger partial charge in [0.25, 0.3) is 11.8 Å². The quantitative estimate of drug-likeness (QED) is 0.374. The number of carboxylic acids is 1. The maximum absolute atomic E-state index is 13.4. The van der Waals surface area contributed by atoms with Crippen LogP contribution in [0, 0.1) is 17.8 Å². The van der Waals surface area contributed by atoms with Gasteiger partial charge in [0.1, 0.15) is 11.5 Å². The molecular formula is C29H38N2O5S. The Bertz CT molecular complexity index is 1070. The molecule has 3 aliphatic rings. The Morgan fingerprint density at radius 2 is 1.76 bits per heavy atom. The molecule has 2 bridgehead atoms. The number of carboxylic acid groups (broad SMARTS) is 1. The highest BCUT2D eigenvalue weighted by Gasteiger charge is 2.36. The normalized spacial score (nSPS) is 24.8. The van der Waals surface area contributed by atoms with Gasteiger partial charge < -0.3 is 19.7 Å². The summed E-state index contributed by atoms with van der Waals surface area (Å²) in [4.78, 5) is 25.2. The molecule has 8 heteroatoms. The van der Waals surface area contributed by atoms with Gasteiger partial charge in [-0.1, -0.05) is 50.7 Å². The van der Waals surface area contributed by atoms with E-state index in [2.05, 4.69) is 17.4 Å². The minimum Gasteiger partial charge on any atom is -0.478 e. The smallest absolute Gasteiger partial charge is 0.335 e. The number of ether oxygens (including phenoxy) is 1. The Balaban J connectivity index is 1.28. The van der Waals surface area contributed by atoms with Crippen LogP contribution in [0.2, 0.25) is 0 Å². The van der Waals surface area contributed by atoms with Crippen LogP contribution in [-0.4, -0.2) is 33.4 Å². The van der Waals surface area contributed by atoms with Gasteiger partial charge in [0.05, 0.1) is 5.56 Å². The molecule has 200 valence electrons. The van der Waals surface area contributed by atoms with Crippen molar-refractivity contribution < 1.29 is 24.0 Å². The zero-order valence-corrected chi connectivity index (χ0v) is 22.4. The van der Waals surface area contributed by atoms with Crippen molar-refractivity contribution in [1.29, 1.82) is 0 Å². The minimum atomic E-state index is -0.962. The Hall–Kier alpha value is -2.48. The van der Waals surface area contributed by atoms with E-state index in [0.29, 0.717) is 21.9 Å². The number of fused-ring (bicyclic) bond motifs is 2. The summed E-state index contributed by atoms with van der Waals surface area (Å²) >= 11 is 1.65. The van der Waals surface area contributed by atoms with Crippen molar-refractivity contribution in [3.05, 3.63) is 41.2 Å². The molecule has 1 aromatic heterocycles. The third kappa shape index (κ3) is 6.51. The highest BCUT2D eigenvalue weighted by atomic mass is 32.2. The van der Waals surface area contributed by atoms with Gasteiger partial charge in [-0.2, -0.15) is 0 Å². The zero-order chi connectivity index (χ0) is 25.8. The van der Waals surface area contributed by atoms with Crippen LogP contribution >= 0.6 is 11.8 Å². The van der Waals surface area contributed by atoms with Crippen LogP contribution in [0.15, 0.2) is 33.7 Å². The first-order chi connectivity index (χ1) is 18.0. The molecule has 0 saturated heterocycles. The number of benzene rings is 1. The molecule has 0 spiro atoms. The number of nitrogens with one attached hydrogen (secondary N) is 1. The summed E-state index contributed by atoms with van der Waals surface area (Å²) in [6.07, 6.45) is 13.6. The van der Waals surface area contributed by atoms with Crippen molar-refractivity contribution in [2.45, 2.75) is 100 Å². The monoisotopic (exact) mass is 526 g/mol. The highest BCUT2D eigenvalue weighted by Crippen LogP contribution is 2.44. The Morgan fingerprint density at radius 1 is 1.05 bits per heavy atom. The zero-order valence-electron chi connectivity index (χ0n) is 21.6. The number of carbonyl (C=O) groups excluding carboxylic acids is 1. The number of hydrogen-bond donors (Lipinski definition) is 2. The third-order valence-electron chi connectivity index (χ3n) is 8.47. The summed E-state index contributed by atoms with van der Waals surface area (Å²) in [5, 5.41) is 16.9. The lowest BCUT2D eigenvalue weighted by Crippen LogP contribution is -2.42. The Morgan fingerprint density at radius 3 is 2.43 bits per heavy atom. The molecule has 1 heterocycles. The molecule has 3 atom stereocenters. The average Bonchev–Trinajstić information content (AvgIpc) is 3.30. The Kier molecular flexibility index (Phi) is 8.43. The first-order valence-corrected chi connectivity index (χ1v) is 14.8. The van der Waals surface area contributed by atoms with Crippen LogP contribution in [0.5, 0.6) is 5.88 Å². The fourth-order valence-electron chi connectivity index (χ4n) is 6.43. The van der Waals surface area contributed by atoms with E-state index in [4.69, 9.17) is 14.4 Å². The van der Waals surface area contributed by atoms with Crippen molar-refractivity contribution >= 4 is 23.6 Å². The fourth-order valence-corrected chi connectivity index (χ4v) is 7.77. The average molecular weight is 527 g/mol. The molecule has 3 saturated carbocycles. The van der Waals surface area contributed by atoms with Crippen LogP contribution in [0.3, 0.4) is 0 Å². The lowest BCUT2D eigenvalue weighted by molar-refractivity contribution is 0.0696. The topological polar surface area (TPSA) is 102 Å². The Labute approximate surface area is 223 Å². The maximum Gasteiger partial charge on any atom is 0.335 e. The van der Waals surface area contributed by atoms with Crippen molar-refractivity contribution in [1.82, 2.24) is 10.5 Å². The number of aromatic carboxylic acids is 1. The maximum atomic E-state index is 13.4. The summed E-state index contributed by atoms with van der Waals surface area (Å²) in [6, 6.07) is 6.66. The minimum absolute atomic E-state index is 0.0886. The van der Waals surface area contributed by atoms with Gasteiger partial charge in [-0.05, 0) is 79.6 Å². The van der Waals surface area contributed by atoms with Crippen molar-refractivity contribution in [3.63, 3.8) is 0 Å². The van der Waals surface area contributed by atoms with Gasteiger partial charge in [0.15, 0.2) is 0 Å². The molecule has 3 fully saturated rings. The van der Waals surface area contributed by atoms with Gasteiger partial charge in [0.2, 0.25) is 5.76 Å². The van der Waals surface area contributed by atoms with Crippen LogP contribution in [-0.2, 0) is 6.61 Å².